The lowest BCUT2D eigenvalue weighted by Crippen LogP contribution is -2.33. The molecule has 0 spiro atoms. The van der Waals surface area contributed by atoms with E-state index in [2.05, 4.69) is 24.1 Å². The van der Waals surface area contributed by atoms with Crippen LogP contribution >= 0.6 is 0 Å². The number of nitrogens with zero attached hydrogens (tertiary/aromatic N) is 1. The molecule has 3 heteroatoms. The highest BCUT2D eigenvalue weighted by molar-refractivity contribution is 4.77. The first kappa shape index (κ1) is 14.3. The minimum absolute atomic E-state index is 0.522. The molecule has 3 nitrogen and oxygen atoms in total. The second-order valence-electron chi connectivity index (χ2n) is 6.27. The molecule has 2 aliphatic rings. The second kappa shape index (κ2) is 7.46. The third-order valence-electron chi connectivity index (χ3n) is 4.51. The van der Waals surface area contributed by atoms with Crippen molar-refractivity contribution in [3.05, 3.63) is 0 Å². The Bertz CT molecular complexity index is 227. The number of piperidine rings is 1. The molecular weight excluding hydrogens is 224 g/mol. The lowest BCUT2D eigenvalue weighted by Gasteiger charge is -2.23. The zero-order chi connectivity index (χ0) is 12.8. The number of likely N-dealkylation sites (tertiary alicyclic amines) is 1. The summed E-state index contributed by atoms with van der Waals surface area (Å²) < 4.78 is 5.95. The predicted molar refractivity (Wildman–Crippen MR) is 75.8 cm³/mol. The van der Waals surface area contributed by atoms with E-state index in [9.17, 15) is 0 Å². The molecule has 0 aromatic rings. The lowest BCUT2D eigenvalue weighted by molar-refractivity contribution is 0.0284. The maximum Gasteiger partial charge on any atom is 0.0599 e. The fourth-order valence-corrected chi connectivity index (χ4v) is 3.11. The molecule has 0 radical (unpaired) electrons. The van der Waals surface area contributed by atoms with Crippen LogP contribution in [0.15, 0.2) is 0 Å². The van der Waals surface area contributed by atoms with Gasteiger partial charge in [0.1, 0.15) is 0 Å². The Morgan fingerprint density at radius 2 is 2.00 bits per heavy atom. The van der Waals surface area contributed by atoms with Crippen LogP contribution in [0.25, 0.3) is 0 Å². The molecule has 18 heavy (non-hydrogen) atoms. The van der Waals surface area contributed by atoms with Crippen LogP contribution in [0.5, 0.6) is 0 Å². The molecule has 0 aromatic heterocycles. The fourth-order valence-electron chi connectivity index (χ4n) is 3.11. The summed E-state index contributed by atoms with van der Waals surface area (Å²) in [6, 6.07) is 0. The van der Waals surface area contributed by atoms with Gasteiger partial charge in [0, 0.05) is 19.7 Å². The van der Waals surface area contributed by atoms with Crippen molar-refractivity contribution in [3.8, 4) is 0 Å². The van der Waals surface area contributed by atoms with E-state index in [1.165, 1.54) is 45.3 Å². The van der Waals surface area contributed by atoms with Crippen LogP contribution in [0.1, 0.15) is 39.5 Å². The summed E-state index contributed by atoms with van der Waals surface area (Å²) in [6.07, 6.45) is 5.51. The van der Waals surface area contributed by atoms with E-state index < -0.39 is 0 Å². The van der Waals surface area contributed by atoms with Gasteiger partial charge in [-0.15, -0.1) is 0 Å². The largest absolute Gasteiger partial charge is 0.378 e. The van der Waals surface area contributed by atoms with Crippen molar-refractivity contribution < 1.29 is 4.74 Å². The average molecular weight is 254 g/mol. The first-order chi connectivity index (χ1) is 8.75. The summed E-state index contributed by atoms with van der Waals surface area (Å²) >= 11 is 0. The van der Waals surface area contributed by atoms with Crippen LogP contribution in [0, 0.1) is 11.8 Å². The molecule has 0 bridgehead atoms. The summed E-state index contributed by atoms with van der Waals surface area (Å²) in [5.41, 5.74) is 0. The van der Waals surface area contributed by atoms with E-state index in [4.69, 9.17) is 4.74 Å². The van der Waals surface area contributed by atoms with Gasteiger partial charge in [0.25, 0.3) is 0 Å². The van der Waals surface area contributed by atoms with Crippen molar-refractivity contribution in [2.24, 2.45) is 11.8 Å². The maximum atomic E-state index is 5.95. The highest BCUT2D eigenvalue weighted by Crippen LogP contribution is 2.23. The zero-order valence-electron chi connectivity index (χ0n) is 12.2. The third-order valence-corrected chi connectivity index (χ3v) is 4.51. The SMILES string of the molecule is CC(C)C1CCN(CCCOC2CCNCC2)C1. The Morgan fingerprint density at radius 1 is 1.22 bits per heavy atom. The van der Waals surface area contributed by atoms with Gasteiger partial charge in [0.2, 0.25) is 0 Å². The van der Waals surface area contributed by atoms with E-state index >= 15 is 0 Å². The summed E-state index contributed by atoms with van der Waals surface area (Å²) in [5.74, 6) is 1.77. The van der Waals surface area contributed by atoms with E-state index in [0.717, 1.165) is 31.5 Å². The van der Waals surface area contributed by atoms with E-state index in [-0.39, 0.29) is 0 Å². The monoisotopic (exact) mass is 254 g/mol. The normalized spacial score (nSPS) is 27.2. The van der Waals surface area contributed by atoms with Crippen LogP contribution in [0.4, 0.5) is 0 Å². The van der Waals surface area contributed by atoms with E-state index in [1.807, 2.05) is 0 Å². The molecular formula is C15H30N2O. The standard InChI is InChI=1S/C15H30N2O/c1-13(2)14-6-10-17(12-14)9-3-11-18-15-4-7-16-8-5-15/h13-16H,3-12H2,1-2H3. The summed E-state index contributed by atoms with van der Waals surface area (Å²) in [5, 5.41) is 3.38. The van der Waals surface area contributed by atoms with Crippen LogP contribution in [0.3, 0.4) is 0 Å². The zero-order valence-corrected chi connectivity index (χ0v) is 12.2. The maximum absolute atomic E-state index is 5.95. The van der Waals surface area contributed by atoms with E-state index in [0.29, 0.717) is 6.10 Å². The molecule has 1 unspecified atom stereocenters. The van der Waals surface area contributed by atoms with Gasteiger partial charge in [-0.1, -0.05) is 13.8 Å². The van der Waals surface area contributed by atoms with Gasteiger partial charge in [-0.2, -0.15) is 0 Å². The van der Waals surface area contributed by atoms with Crippen molar-refractivity contribution in [2.45, 2.75) is 45.6 Å². The minimum Gasteiger partial charge on any atom is -0.378 e. The van der Waals surface area contributed by atoms with Crippen LogP contribution in [-0.2, 0) is 4.74 Å². The van der Waals surface area contributed by atoms with Crippen molar-refractivity contribution in [1.82, 2.24) is 10.2 Å². The molecule has 0 aliphatic carbocycles. The molecule has 106 valence electrons. The molecule has 0 aromatic carbocycles. The molecule has 1 N–H and O–H groups in total. The Morgan fingerprint density at radius 3 is 2.67 bits per heavy atom. The molecule has 2 saturated heterocycles. The number of ether oxygens (including phenoxy) is 1. The van der Waals surface area contributed by atoms with Crippen molar-refractivity contribution in [2.75, 3.05) is 39.3 Å². The third kappa shape index (κ3) is 4.52. The smallest absolute Gasteiger partial charge is 0.0599 e. The summed E-state index contributed by atoms with van der Waals surface area (Å²) in [4.78, 5) is 2.62. The van der Waals surface area contributed by atoms with Crippen LogP contribution < -0.4 is 5.32 Å². The first-order valence-electron chi connectivity index (χ1n) is 7.80. The topological polar surface area (TPSA) is 24.5 Å². The Labute approximate surface area is 112 Å². The Hall–Kier alpha value is -0.120. The summed E-state index contributed by atoms with van der Waals surface area (Å²) in [6.45, 7) is 11.8. The van der Waals surface area contributed by atoms with Crippen molar-refractivity contribution in [1.29, 1.82) is 0 Å². The predicted octanol–water partition coefficient (Wildman–Crippen LogP) is 2.12. The van der Waals surface area contributed by atoms with Gasteiger partial charge >= 0.3 is 0 Å². The molecule has 2 heterocycles. The molecule has 0 saturated carbocycles. The minimum atomic E-state index is 0.522. The number of rotatable bonds is 6. The highest BCUT2D eigenvalue weighted by atomic mass is 16.5. The highest BCUT2D eigenvalue weighted by Gasteiger charge is 2.24. The first-order valence-corrected chi connectivity index (χ1v) is 7.80. The van der Waals surface area contributed by atoms with E-state index in [1.54, 1.807) is 0 Å². The van der Waals surface area contributed by atoms with Gasteiger partial charge in [-0.3, -0.25) is 0 Å². The molecule has 2 fully saturated rings. The molecule has 2 rings (SSSR count). The molecule has 1 atom stereocenters. The quantitative estimate of drug-likeness (QED) is 0.735. The van der Waals surface area contributed by atoms with Gasteiger partial charge in [0.15, 0.2) is 0 Å². The van der Waals surface area contributed by atoms with Gasteiger partial charge in [-0.25, -0.2) is 0 Å². The molecule has 0 amide bonds. The van der Waals surface area contributed by atoms with Gasteiger partial charge < -0.3 is 15.0 Å². The second-order valence-corrected chi connectivity index (χ2v) is 6.27. The average Bonchev–Trinajstić information content (AvgIpc) is 2.85. The van der Waals surface area contributed by atoms with Gasteiger partial charge in [-0.05, 0) is 57.2 Å². The van der Waals surface area contributed by atoms with Crippen LogP contribution in [0.2, 0.25) is 0 Å². The fraction of sp³-hybridized carbons (Fsp3) is 1.00. The Balaban J connectivity index is 1.51. The molecule has 2 aliphatic heterocycles. The Kier molecular flexibility index (Phi) is 5.93. The van der Waals surface area contributed by atoms with Crippen molar-refractivity contribution in [3.63, 3.8) is 0 Å². The van der Waals surface area contributed by atoms with Crippen molar-refractivity contribution >= 4 is 0 Å². The van der Waals surface area contributed by atoms with Gasteiger partial charge in [0.05, 0.1) is 6.10 Å². The number of nitrogens with one attached hydrogen (secondary N) is 1. The number of hydrogen-bond acceptors (Lipinski definition) is 3. The lowest BCUT2D eigenvalue weighted by atomic mass is 9.95. The number of hydrogen-bond donors (Lipinski definition) is 1. The van der Waals surface area contributed by atoms with Crippen LogP contribution in [-0.4, -0.2) is 50.3 Å². The summed E-state index contributed by atoms with van der Waals surface area (Å²) in [7, 11) is 0.